The first-order valence-corrected chi connectivity index (χ1v) is 12.5. The molecule has 3 amide bonds. The van der Waals surface area contributed by atoms with Gasteiger partial charge in [-0.1, -0.05) is 22.0 Å². The van der Waals surface area contributed by atoms with Crippen molar-refractivity contribution in [1.29, 1.82) is 0 Å². The van der Waals surface area contributed by atoms with Gasteiger partial charge in [0.25, 0.3) is 0 Å². The molecule has 5 atom stereocenters. The number of hydrogen-bond donors (Lipinski definition) is 4. The minimum atomic E-state index is -1.40. The number of halogens is 1. The van der Waals surface area contributed by atoms with Crippen molar-refractivity contribution in [3.05, 3.63) is 52.0 Å². The molecule has 4 N–H and O–H groups in total. The van der Waals surface area contributed by atoms with Crippen LogP contribution in [0.1, 0.15) is 24.0 Å². The van der Waals surface area contributed by atoms with Crippen molar-refractivity contribution in [3.63, 3.8) is 0 Å². The summed E-state index contributed by atoms with van der Waals surface area (Å²) in [5, 5.41) is 26.0. The Hall–Kier alpha value is -2.95. The maximum absolute atomic E-state index is 13.8. The summed E-state index contributed by atoms with van der Waals surface area (Å²) >= 11 is 3.47. The molecule has 182 valence electrons. The monoisotopic (exact) mass is 541 g/mol. The highest BCUT2D eigenvalue weighted by Gasteiger charge is 2.70. The molecule has 0 radical (unpaired) electrons. The molecular formula is C25H24BrN3O6. The molecule has 1 spiro atoms. The van der Waals surface area contributed by atoms with Gasteiger partial charge < -0.3 is 20.3 Å². The molecule has 0 aromatic heterocycles. The molecule has 3 saturated heterocycles. The molecular weight excluding hydrogens is 518 g/mol. The van der Waals surface area contributed by atoms with Crippen molar-refractivity contribution in [2.24, 2.45) is 11.8 Å². The lowest BCUT2D eigenvalue weighted by Gasteiger charge is -2.30. The van der Waals surface area contributed by atoms with E-state index in [4.69, 9.17) is 4.74 Å². The number of nitrogens with zero attached hydrogens (tertiary/aromatic N) is 1. The van der Waals surface area contributed by atoms with Crippen molar-refractivity contribution >= 4 is 39.3 Å². The average molecular weight is 542 g/mol. The summed E-state index contributed by atoms with van der Waals surface area (Å²) < 4.78 is 6.45. The number of imide groups is 1. The van der Waals surface area contributed by atoms with E-state index in [-0.39, 0.29) is 48.3 Å². The van der Waals surface area contributed by atoms with E-state index in [9.17, 15) is 24.6 Å². The van der Waals surface area contributed by atoms with Gasteiger partial charge in [0.05, 0.1) is 24.5 Å². The minimum absolute atomic E-state index is 0.181. The standard InChI is InChI=1S/C25H24BrN3O6/c26-13-4-5-16-15(10-13)25(24(34)27-16)21-20(17(28-25)8-12-3-6-18(30)19(31)9-12)22(32)29(23(21)33)11-14-2-1-7-35-14/h3-6,9-10,14,17,20-21,28,30-31H,1-2,7-8,11H2,(H,27,34)/t14-,17-,20-,21-,25-/m0/s1. The molecule has 4 aliphatic rings. The first kappa shape index (κ1) is 22.5. The van der Waals surface area contributed by atoms with E-state index < -0.39 is 23.4 Å². The Morgan fingerprint density at radius 2 is 1.91 bits per heavy atom. The molecule has 0 bridgehead atoms. The number of nitrogens with one attached hydrogen (secondary N) is 2. The molecule has 35 heavy (non-hydrogen) atoms. The quantitative estimate of drug-likeness (QED) is 0.344. The van der Waals surface area contributed by atoms with Crippen molar-refractivity contribution in [2.45, 2.75) is 36.9 Å². The third-order valence-corrected chi connectivity index (χ3v) is 8.17. The third kappa shape index (κ3) is 3.30. The van der Waals surface area contributed by atoms with Gasteiger partial charge in [-0.3, -0.25) is 24.6 Å². The number of ether oxygens (including phenoxy) is 1. The van der Waals surface area contributed by atoms with Crippen LogP contribution in [0, 0.1) is 11.8 Å². The van der Waals surface area contributed by atoms with Crippen LogP contribution in [-0.2, 0) is 31.1 Å². The van der Waals surface area contributed by atoms with E-state index in [0.29, 0.717) is 23.4 Å². The second-order valence-corrected chi connectivity index (χ2v) is 10.6. The molecule has 2 aromatic carbocycles. The Morgan fingerprint density at radius 3 is 2.66 bits per heavy atom. The number of amides is 3. The Morgan fingerprint density at radius 1 is 1.09 bits per heavy atom. The lowest BCUT2D eigenvalue weighted by atomic mass is 9.76. The smallest absolute Gasteiger partial charge is 0.250 e. The minimum Gasteiger partial charge on any atom is -0.504 e. The van der Waals surface area contributed by atoms with Crippen LogP contribution in [-0.4, -0.2) is 58.1 Å². The molecule has 9 nitrogen and oxygen atoms in total. The number of hydrogen-bond acceptors (Lipinski definition) is 7. The van der Waals surface area contributed by atoms with E-state index in [0.717, 1.165) is 17.3 Å². The second-order valence-electron chi connectivity index (χ2n) is 9.66. The molecule has 4 aliphatic heterocycles. The number of carbonyl (C=O) groups is 3. The van der Waals surface area contributed by atoms with Crippen LogP contribution < -0.4 is 10.6 Å². The van der Waals surface area contributed by atoms with Gasteiger partial charge in [0.15, 0.2) is 11.5 Å². The molecule has 6 rings (SSSR count). The molecule has 3 fully saturated rings. The fraction of sp³-hybridized carbons (Fsp3) is 0.400. The Balaban J connectivity index is 1.43. The number of benzene rings is 2. The third-order valence-electron chi connectivity index (χ3n) is 7.67. The highest BCUT2D eigenvalue weighted by atomic mass is 79.9. The van der Waals surface area contributed by atoms with Gasteiger partial charge in [0, 0.05) is 28.4 Å². The second kappa shape index (κ2) is 8.04. The summed E-state index contributed by atoms with van der Waals surface area (Å²) in [6.07, 6.45) is 1.75. The zero-order valence-electron chi connectivity index (χ0n) is 18.7. The highest BCUT2D eigenvalue weighted by molar-refractivity contribution is 9.10. The van der Waals surface area contributed by atoms with Crippen LogP contribution in [0.25, 0.3) is 0 Å². The number of phenols is 2. The van der Waals surface area contributed by atoms with E-state index in [1.807, 2.05) is 12.1 Å². The predicted octanol–water partition coefficient (Wildman–Crippen LogP) is 2.00. The van der Waals surface area contributed by atoms with Gasteiger partial charge >= 0.3 is 0 Å². The van der Waals surface area contributed by atoms with Gasteiger partial charge in [0.2, 0.25) is 17.7 Å². The summed E-state index contributed by atoms with van der Waals surface area (Å²) in [5.74, 6) is -3.25. The topological polar surface area (TPSA) is 128 Å². The SMILES string of the molecule is O=C1[C@H]2[C@H](Cc3ccc(O)c(O)c3)N[C@]3(C(=O)Nc4ccc(Br)cc43)[C@@H]2C(=O)N1C[C@@H]1CCCO1. The average Bonchev–Trinajstić information content (AvgIpc) is 3.56. The Labute approximate surface area is 209 Å². The molecule has 4 heterocycles. The van der Waals surface area contributed by atoms with Gasteiger partial charge in [-0.05, 0) is 55.2 Å². The Bertz CT molecular complexity index is 1260. The van der Waals surface area contributed by atoms with E-state index >= 15 is 0 Å². The summed E-state index contributed by atoms with van der Waals surface area (Å²) in [6, 6.07) is 9.32. The van der Waals surface area contributed by atoms with E-state index in [1.165, 1.54) is 17.0 Å². The molecule has 2 aromatic rings. The maximum Gasteiger partial charge on any atom is 0.250 e. The summed E-state index contributed by atoms with van der Waals surface area (Å²) in [4.78, 5) is 42.4. The zero-order valence-corrected chi connectivity index (χ0v) is 20.2. The largest absolute Gasteiger partial charge is 0.504 e. The van der Waals surface area contributed by atoms with Crippen molar-refractivity contribution < 1.29 is 29.3 Å². The normalized spacial score (nSPS) is 31.3. The number of fused-ring (bicyclic) bond motifs is 4. The van der Waals surface area contributed by atoms with Crippen molar-refractivity contribution in [1.82, 2.24) is 10.2 Å². The zero-order chi connectivity index (χ0) is 24.5. The van der Waals surface area contributed by atoms with E-state index in [2.05, 4.69) is 26.6 Å². The van der Waals surface area contributed by atoms with Crippen LogP contribution in [0.15, 0.2) is 40.9 Å². The number of likely N-dealkylation sites (tertiary alicyclic amines) is 1. The van der Waals surface area contributed by atoms with Crippen LogP contribution in [0.2, 0.25) is 0 Å². The van der Waals surface area contributed by atoms with Gasteiger partial charge in [-0.15, -0.1) is 0 Å². The lowest BCUT2D eigenvalue weighted by Crippen LogP contribution is -2.54. The van der Waals surface area contributed by atoms with Crippen LogP contribution in [0.4, 0.5) is 5.69 Å². The van der Waals surface area contributed by atoms with Crippen LogP contribution >= 0.6 is 15.9 Å². The van der Waals surface area contributed by atoms with Crippen molar-refractivity contribution in [2.75, 3.05) is 18.5 Å². The van der Waals surface area contributed by atoms with Gasteiger partial charge in [-0.25, -0.2) is 0 Å². The predicted molar refractivity (Wildman–Crippen MR) is 128 cm³/mol. The fourth-order valence-corrected chi connectivity index (χ4v) is 6.49. The lowest BCUT2D eigenvalue weighted by molar-refractivity contribution is -0.144. The fourth-order valence-electron chi connectivity index (χ4n) is 6.13. The summed E-state index contributed by atoms with van der Waals surface area (Å²) in [7, 11) is 0. The molecule has 10 heteroatoms. The summed E-state index contributed by atoms with van der Waals surface area (Å²) in [5.41, 5.74) is 0.498. The number of phenolic OH excluding ortho intramolecular Hbond substituents is 2. The first-order valence-electron chi connectivity index (χ1n) is 11.7. The summed E-state index contributed by atoms with van der Waals surface area (Å²) in [6.45, 7) is 0.788. The van der Waals surface area contributed by atoms with E-state index in [1.54, 1.807) is 12.1 Å². The number of anilines is 1. The molecule has 0 unspecified atom stereocenters. The Kier molecular flexibility index (Phi) is 5.17. The first-order chi connectivity index (χ1) is 16.8. The van der Waals surface area contributed by atoms with Crippen LogP contribution in [0.5, 0.6) is 11.5 Å². The molecule has 0 aliphatic carbocycles. The van der Waals surface area contributed by atoms with Gasteiger partial charge in [0.1, 0.15) is 5.54 Å². The number of aromatic hydroxyl groups is 2. The number of rotatable bonds is 4. The van der Waals surface area contributed by atoms with Gasteiger partial charge in [-0.2, -0.15) is 0 Å². The van der Waals surface area contributed by atoms with Crippen LogP contribution in [0.3, 0.4) is 0 Å². The molecule has 0 saturated carbocycles. The highest BCUT2D eigenvalue weighted by Crippen LogP contribution is 2.54. The van der Waals surface area contributed by atoms with Crippen molar-refractivity contribution in [3.8, 4) is 11.5 Å². The number of carbonyl (C=O) groups excluding carboxylic acids is 3. The maximum atomic E-state index is 13.8.